The zero-order valence-corrected chi connectivity index (χ0v) is 11.6. The minimum Gasteiger partial charge on any atom is -0.396 e. The lowest BCUT2D eigenvalue weighted by atomic mass is 10.1. The number of nitrogens with zero attached hydrogens (tertiary/aromatic N) is 2. The molecule has 3 N–H and O–H groups in total. The van der Waals surface area contributed by atoms with Crippen molar-refractivity contribution in [2.75, 3.05) is 18.5 Å². The first kappa shape index (κ1) is 13.9. The van der Waals surface area contributed by atoms with Crippen molar-refractivity contribution in [1.29, 1.82) is 0 Å². The van der Waals surface area contributed by atoms with Crippen LogP contribution >= 0.6 is 0 Å². The van der Waals surface area contributed by atoms with Crippen LogP contribution in [0.2, 0.25) is 0 Å². The third kappa shape index (κ3) is 3.47. The zero-order chi connectivity index (χ0) is 13.9. The quantitative estimate of drug-likeness (QED) is 0.725. The van der Waals surface area contributed by atoms with Gasteiger partial charge in [-0.2, -0.15) is 5.10 Å². The molecule has 1 aromatic rings. The van der Waals surface area contributed by atoms with Crippen LogP contribution < -0.4 is 10.6 Å². The van der Waals surface area contributed by atoms with E-state index in [4.69, 9.17) is 0 Å². The standard InChI is InChI=1S/C13H22N4O2/c1-3-4-10-7-11(17(2)16-10)15-12(19)14-8-13(9-18)5-6-13/h7,18H,3-6,8-9H2,1-2H3,(H2,14,15,19). The summed E-state index contributed by atoms with van der Waals surface area (Å²) in [4.78, 5) is 11.8. The molecule has 1 heterocycles. The van der Waals surface area contributed by atoms with Gasteiger partial charge in [-0.05, 0) is 19.3 Å². The van der Waals surface area contributed by atoms with Crippen molar-refractivity contribution in [1.82, 2.24) is 15.1 Å². The number of aromatic nitrogens is 2. The van der Waals surface area contributed by atoms with Crippen molar-refractivity contribution in [2.45, 2.75) is 32.6 Å². The fourth-order valence-corrected chi connectivity index (χ4v) is 2.02. The van der Waals surface area contributed by atoms with Crippen LogP contribution in [-0.4, -0.2) is 34.1 Å². The van der Waals surface area contributed by atoms with Gasteiger partial charge in [0.25, 0.3) is 0 Å². The Kier molecular flexibility index (Phi) is 4.09. The molecule has 2 rings (SSSR count). The van der Waals surface area contributed by atoms with E-state index in [9.17, 15) is 9.90 Å². The number of amides is 2. The van der Waals surface area contributed by atoms with Crippen molar-refractivity contribution in [3.8, 4) is 0 Å². The van der Waals surface area contributed by atoms with Gasteiger partial charge < -0.3 is 10.4 Å². The molecule has 1 aromatic heterocycles. The van der Waals surface area contributed by atoms with E-state index in [0.717, 1.165) is 31.4 Å². The van der Waals surface area contributed by atoms with Crippen LogP contribution in [0.3, 0.4) is 0 Å². The van der Waals surface area contributed by atoms with E-state index >= 15 is 0 Å². The van der Waals surface area contributed by atoms with Crippen LogP contribution in [0.1, 0.15) is 31.9 Å². The zero-order valence-electron chi connectivity index (χ0n) is 11.6. The summed E-state index contributed by atoms with van der Waals surface area (Å²) in [5.41, 5.74) is 0.909. The Hall–Kier alpha value is -1.56. The highest BCUT2D eigenvalue weighted by Gasteiger charge is 2.42. The summed E-state index contributed by atoms with van der Waals surface area (Å²) >= 11 is 0. The van der Waals surface area contributed by atoms with Gasteiger partial charge in [0.15, 0.2) is 0 Å². The van der Waals surface area contributed by atoms with E-state index in [0.29, 0.717) is 12.4 Å². The maximum Gasteiger partial charge on any atom is 0.320 e. The maximum atomic E-state index is 11.8. The second-order valence-electron chi connectivity index (χ2n) is 5.36. The minimum atomic E-state index is -0.245. The van der Waals surface area contributed by atoms with Crippen LogP contribution in [0, 0.1) is 5.41 Å². The number of hydrogen-bond donors (Lipinski definition) is 3. The second kappa shape index (κ2) is 5.61. The van der Waals surface area contributed by atoms with Crippen LogP contribution in [0.25, 0.3) is 0 Å². The average Bonchev–Trinajstić information content (AvgIpc) is 3.09. The summed E-state index contributed by atoms with van der Waals surface area (Å²) < 4.78 is 1.67. The van der Waals surface area contributed by atoms with Gasteiger partial charge in [-0.25, -0.2) is 4.79 Å². The van der Waals surface area contributed by atoms with E-state index in [-0.39, 0.29) is 18.1 Å². The molecule has 1 aliphatic carbocycles. The number of anilines is 1. The predicted octanol–water partition coefficient (Wildman–Crippen LogP) is 1.27. The summed E-state index contributed by atoms with van der Waals surface area (Å²) in [5, 5.41) is 19.1. The van der Waals surface area contributed by atoms with Gasteiger partial charge in [-0.15, -0.1) is 0 Å². The summed E-state index contributed by atoms with van der Waals surface area (Å²) in [6.07, 6.45) is 3.90. The van der Waals surface area contributed by atoms with Crippen LogP contribution in [0.15, 0.2) is 6.07 Å². The first-order valence-electron chi connectivity index (χ1n) is 6.77. The summed E-state index contributed by atoms with van der Waals surface area (Å²) in [5.74, 6) is 0.690. The van der Waals surface area contributed by atoms with Crippen molar-refractivity contribution in [3.05, 3.63) is 11.8 Å². The van der Waals surface area contributed by atoms with Crippen molar-refractivity contribution in [2.24, 2.45) is 12.5 Å². The lowest BCUT2D eigenvalue weighted by molar-refractivity contribution is 0.206. The van der Waals surface area contributed by atoms with Crippen LogP contribution in [0.5, 0.6) is 0 Å². The smallest absolute Gasteiger partial charge is 0.320 e. The molecule has 0 radical (unpaired) electrons. The fraction of sp³-hybridized carbons (Fsp3) is 0.692. The fourth-order valence-electron chi connectivity index (χ4n) is 2.02. The molecular formula is C13H22N4O2. The molecular weight excluding hydrogens is 244 g/mol. The molecule has 1 fully saturated rings. The van der Waals surface area contributed by atoms with Crippen molar-refractivity contribution in [3.63, 3.8) is 0 Å². The van der Waals surface area contributed by atoms with Crippen LogP contribution in [-0.2, 0) is 13.5 Å². The first-order chi connectivity index (χ1) is 9.08. The molecule has 0 saturated heterocycles. The Morgan fingerprint density at radius 1 is 1.58 bits per heavy atom. The molecule has 0 unspecified atom stereocenters. The lowest BCUT2D eigenvalue weighted by Gasteiger charge is -2.13. The Morgan fingerprint density at radius 3 is 2.89 bits per heavy atom. The number of carbonyl (C=O) groups excluding carboxylic acids is 1. The van der Waals surface area contributed by atoms with Gasteiger partial charge in [0, 0.05) is 25.1 Å². The number of aryl methyl sites for hydroxylation is 2. The summed E-state index contributed by atoms with van der Waals surface area (Å²) in [7, 11) is 1.81. The second-order valence-corrected chi connectivity index (χ2v) is 5.36. The lowest BCUT2D eigenvalue weighted by Crippen LogP contribution is -2.35. The minimum absolute atomic E-state index is 0.0723. The monoisotopic (exact) mass is 266 g/mol. The molecule has 6 nitrogen and oxygen atoms in total. The molecule has 1 aliphatic rings. The van der Waals surface area contributed by atoms with E-state index < -0.39 is 0 Å². The Morgan fingerprint density at radius 2 is 2.32 bits per heavy atom. The van der Waals surface area contributed by atoms with Gasteiger partial charge in [-0.1, -0.05) is 13.3 Å². The van der Waals surface area contributed by atoms with E-state index in [2.05, 4.69) is 22.7 Å². The highest BCUT2D eigenvalue weighted by Crippen LogP contribution is 2.44. The number of carbonyl (C=O) groups is 1. The molecule has 0 aliphatic heterocycles. The summed E-state index contributed by atoms with van der Waals surface area (Å²) in [6.45, 7) is 2.76. The SMILES string of the molecule is CCCc1cc(NC(=O)NCC2(CO)CC2)n(C)n1. The first-order valence-corrected chi connectivity index (χ1v) is 6.77. The van der Waals surface area contributed by atoms with E-state index in [1.54, 1.807) is 4.68 Å². The topological polar surface area (TPSA) is 79.2 Å². The van der Waals surface area contributed by atoms with Gasteiger partial charge in [0.2, 0.25) is 0 Å². The van der Waals surface area contributed by atoms with E-state index in [1.165, 1.54) is 0 Å². The molecule has 0 atom stereocenters. The third-order valence-electron chi connectivity index (χ3n) is 3.59. The molecule has 0 bridgehead atoms. The van der Waals surface area contributed by atoms with E-state index in [1.807, 2.05) is 13.1 Å². The molecule has 1 saturated carbocycles. The number of hydrogen-bond acceptors (Lipinski definition) is 3. The number of aliphatic hydroxyl groups is 1. The van der Waals surface area contributed by atoms with Crippen molar-refractivity contribution >= 4 is 11.8 Å². The molecule has 0 aromatic carbocycles. The molecule has 106 valence electrons. The van der Waals surface area contributed by atoms with Gasteiger partial charge in [0.05, 0.1) is 12.3 Å². The molecule has 6 heteroatoms. The largest absolute Gasteiger partial charge is 0.396 e. The Balaban J connectivity index is 1.84. The predicted molar refractivity (Wildman–Crippen MR) is 73.0 cm³/mol. The number of aliphatic hydroxyl groups excluding tert-OH is 1. The number of rotatable bonds is 6. The third-order valence-corrected chi connectivity index (χ3v) is 3.59. The molecule has 19 heavy (non-hydrogen) atoms. The van der Waals surface area contributed by atoms with Gasteiger partial charge in [-0.3, -0.25) is 10.00 Å². The molecule has 0 spiro atoms. The van der Waals surface area contributed by atoms with Crippen molar-refractivity contribution < 1.29 is 9.90 Å². The normalized spacial score (nSPS) is 16.2. The van der Waals surface area contributed by atoms with Gasteiger partial charge in [0.1, 0.15) is 5.82 Å². The Bertz CT molecular complexity index is 451. The highest BCUT2D eigenvalue weighted by atomic mass is 16.3. The summed E-state index contributed by atoms with van der Waals surface area (Å²) in [6, 6.07) is 1.65. The van der Waals surface area contributed by atoms with Crippen LogP contribution in [0.4, 0.5) is 10.6 Å². The van der Waals surface area contributed by atoms with Gasteiger partial charge >= 0.3 is 6.03 Å². The number of urea groups is 1. The highest BCUT2D eigenvalue weighted by molar-refractivity contribution is 5.88. The Labute approximate surface area is 113 Å². The molecule has 2 amide bonds. The maximum absolute atomic E-state index is 11.8. The number of nitrogens with one attached hydrogen (secondary N) is 2. The average molecular weight is 266 g/mol.